The molecule has 0 heterocycles. The zero-order valence-corrected chi connectivity index (χ0v) is 13.7. The molecule has 18 heavy (non-hydrogen) atoms. The molecule has 0 bridgehead atoms. The SMILES string of the molecule is CC(C)(C)C(C(=O)[O-])(C(=O)[O-])C1CCCCC1.[Ca+2]. The Morgan fingerprint density at radius 1 is 0.944 bits per heavy atom. The van der Waals surface area contributed by atoms with Crippen LogP contribution in [-0.2, 0) is 9.59 Å². The maximum atomic E-state index is 11.5. The first-order valence-electron chi connectivity index (χ1n) is 6.17. The Labute approximate surface area is 138 Å². The van der Waals surface area contributed by atoms with Gasteiger partial charge in [0.15, 0.2) is 0 Å². The van der Waals surface area contributed by atoms with Crippen LogP contribution in [0.3, 0.4) is 0 Å². The third-order valence-electron chi connectivity index (χ3n) is 4.04. The van der Waals surface area contributed by atoms with Crippen molar-refractivity contribution in [1.82, 2.24) is 0 Å². The molecule has 98 valence electrons. The molecule has 0 aromatic carbocycles. The summed E-state index contributed by atoms with van der Waals surface area (Å²) in [5.41, 5.74) is -2.79. The minimum absolute atomic E-state index is 0. The van der Waals surface area contributed by atoms with Crippen molar-refractivity contribution in [3.8, 4) is 0 Å². The second-order valence-corrected chi connectivity index (χ2v) is 5.97. The molecule has 1 rings (SSSR count). The molecule has 0 aromatic heterocycles. The van der Waals surface area contributed by atoms with Gasteiger partial charge in [-0.05, 0) is 24.2 Å². The smallest absolute Gasteiger partial charge is 0.549 e. The van der Waals surface area contributed by atoms with Crippen LogP contribution in [0.25, 0.3) is 0 Å². The van der Waals surface area contributed by atoms with E-state index in [9.17, 15) is 19.8 Å². The van der Waals surface area contributed by atoms with Crippen LogP contribution in [0.5, 0.6) is 0 Å². The molecule has 4 nitrogen and oxygen atoms in total. The number of aliphatic carboxylic acids is 2. The van der Waals surface area contributed by atoms with Crippen LogP contribution in [0.2, 0.25) is 0 Å². The maximum Gasteiger partial charge on any atom is 2.00 e. The van der Waals surface area contributed by atoms with Gasteiger partial charge in [0.2, 0.25) is 0 Å². The third-order valence-corrected chi connectivity index (χ3v) is 4.04. The Morgan fingerprint density at radius 2 is 1.33 bits per heavy atom. The minimum atomic E-state index is -1.88. The first kappa shape index (κ1) is 18.2. The van der Waals surface area contributed by atoms with Crippen LogP contribution < -0.4 is 10.2 Å². The van der Waals surface area contributed by atoms with Gasteiger partial charge in [-0.25, -0.2) is 0 Å². The van der Waals surface area contributed by atoms with Gasteiger partial charge in [-0.3, -0.25) is 0 Å². The molecule has 1 aliphatic carbocycles. The summed E-state index contributed by atoms with van der Waals surface area (Å²) in [6, 6.07) is 0. The standard InChI is InChI=1S/C13H22O4.Ca/c1-12(2,3)13(10(14)15,11(16)17)9-7-5-4-6-8-9;/h9H,4-8H2,1-3H3,(H,14,15)(H,16,17);/q;+2/p-2. The molecule has 1 saturated carbocycles. The quantitative estimate of drug-likeness (QED) is 0.526. The molecule has 0 N–H and O–H groups in total. The summed E-state index contributed by atoms with van der Waals surface area (Å²) < 4.78 is 0. The molecule has 0 aliphatic heterocycles. The fraction of sp³-hybridized carbons (Fsp3) is 0.846. The van der Waals surface area contributed by atoms with E-state index in [1.54, 1.807) is 20.8 Å². The molecule has 0 amide bonds. The molecule has 0 unspecified atom stereocenters. The normalized spacial score (nSPS) is 17.9. The van der Waals surface area contributed by atoms with E-state index < -0.39 is 22.8 Å². The fourth-order valence-corrected chi connectivity index (χ4v) is 3.18. The van der Waals surface area contributed by atoms with Crippen LogP contribution in [0, 0.1) is 16.7 Å². The Kier molecular flexibility index (Phi) is 6.65. The molecule has 1 aliphatic rings. The maximum absolute atomic E-state index is 11.5. The van der Waals surface area contributed by atoms with E-state index in [0.29, 0.717) is 12.8 Å². The first-order valence-corrected chi connectivity index (χ1v) is 6.17. The summed E-state index contributed by atoms with van der Waals surface area (Å²) in [6.45, 7) is 4.90. The van der Waals surface area contributed by atoms with E-state index in [0.717, 1.165) is 19.3 Å². The molecule has 0 spiro atoms. The van der Waals surface area contributed by atoms with Gasteiger partial charge in [0, 0.05) is 0 Å². The number of carboxylic acids is 2. The van der Waals surface area contributed by atoms with E-state index in [-0.39, 0.29) is 43.7 Å². The first-order chi connectivity index (χ1) is 7.74. The van der Waals surface area contributed by atoms with E-state index in [4.69, 9.17) is 0 Å². The Hall–Kier alpha value is 0.200. The van der Waals surface area contributed by atoms with Crippen molar-refractivity contribution in [2.75, 3.05) is 0 Å². The van der Waals surface area contributed by atoms with Crippen molar-refractivity contribution in [3.05, 3.63) is 0 Å². The molecule has 0 saturated heterocycles. The number of hydrogen-bond donors (Lipinski definition) is 0. The number of carbonyl (C=O) groups is 2. The average Bonchev–Trinajstić information content (AvgIpc) is 2.16. The zero-order chi connectivity index (χ0) is 13.3. The van der Waals surface area contributed by atoms with Gasteiger partial charge in [-0.15, -0.1) is 0 Å². The summed E-state index contributed by atoms with van der Waals surface area (Å²) in [5, 5.41) is 23.0. The summed E-state index contributed by atoms with van der Waals surface area (Å²) in [4.78, 5) is 23.0. The average molecular weight is 280 g/mol. The molecule has 0 atom stereocenters. The monoisotopic (exact) mass is 280 g/mol. The van der Waals surface area contributed by atoms with Crippen LogP contribution in [0.1, 0.15) is 52.9 Å². The van der Waals surface area contributed by atoms with Gasteiger partial charge in [0.1, 0.15) is 0 Å². The van der Waals surface area contributed by atoms with Gasteiger partial charge in [-0.2, -0.15) is 0 Å². The van der Waals surface area contributed by atoms with E-state index in [1.807, 2.05) is 0 Å². The van der Waals surface area contributed by atoms with Gasteiger partial charge in [-0.1, -0.05) is 40.0 Å². The van der Waals surface area contributed by atoms with E-state index in [2.05, 4.69) is 0 Å². The molecular formula is C13H20CaO4. The Bertz CT molecular complexity index is 299. The van der Waals surface area contributed by atoms with Crippen molar-refractivity contribution >= 4 is 49.7 Å². The van der Waals surface area contributed by atoms with Crippen LogP contribution >= 0.6 is 0 Å². The summed E-state index contributed by atoms with van der Waals surface area (Å²) in [5.74, 6) is -3.39. The van der Waals surface area contributed by atoms with Crippen LogP contribution in [-0.4, -0.2) is 49.7 Å². The fourth-order valence-electron chi connectivity index (χ4n) is 3.18. The third kappa shape index (κ3) is 3.02. The van der Waals surface area contributed by atoms with E-state index in [1.165, 1.54) is 0 Å². The van der Waals surface area contributed by atoms with Crippen molar-refractivity contribution < 1.29 is 19.8 Å². The summed E-state index contributed by atoms with van der Waals surface area (Å²) in [6.07, 6.45) is 4.04. The van der Waals surface area contributed by atoms with Crippen molar-refractivity contribution in [3.63, 3.8) is 0 Å². The Balaban J connectivity index is 0.00000289. The van der Waals surface area contributed by atoms with Gasteiger partial charge in [0.05, 0.1) is 17.4 Å². The number of carboxylic acid groups (broad SMARTS) is 2. The van der Waals surface area contributed by atoms with Gasteiger partial charge < -0.3 is 19.8 Å². The van der Waals surface area contributed by atoms with Crippen molar-refractivity contribution in [2.24, 2.45) is 16.7 Å². The molecule has 5 heteroatoms. The summed E-state index contributed by atoms with van der Waals surface area (Å²) in [7, 11) is 0. The van der Waals surface area contributed by atoms with Crippen LogP contribution in [0.4, 0.5) is 0 Å². The number of rotatable bonds is 3. The minimum Gasteiger partial charge on any atom is -0.549 e. The Morgan fingerprint density at radius 3 is 1.61 bits per heavy atom. The second kappa shape index (κ2) is 6.58. The predicted octanol–water partition coefficient (Wildman–Crippen LogP) is -0.282. The summed E-state index contributed by atoms with van der Waals surface area (Å²) >= 11 is 0. The molecule has 0 aromatic rings. The van der Waals surface area contributed by atoms with Gasteiger partial charge >= 0.3 is 37.7 Å². The van der Waals surface area contributed by atoms with Crippen molar-refractivity contribution in [1.29, 1.82) is 0 Å². The zero-order valence-electron chi connectivity index (χ0n) is 11.5. The van der Waals surface area contributed by atoms with Gasteiger partial charge in [0.25, 0.3) is 0 Å². The topological polar surface area (TPSA) is 80.3 Å². The molecular weight excluding hydrogens is 260 g/mol. The second-order valence-electron chi connectivity index (χ2n) is 5.97. The predicted molar refractivity (Wildman–Crippen MR) is 64.2 cm³/mol. The number of hydrogen-bond acceptors (Lipinski definition) is 4. The van der Waals surface area contributed by atoms with Crippen LogP contribution in [0.15, 0.2) is 0 Å². The largest absolute Gasteiger partial charge is 2.00 e. The van der Waals surface area contributed by atoms with Crippen molar-refractivity contribution in [2.45, 2.75) is 52.9 Å². The molecule has 0 radical (unpaired) electrons. The molecule has 1 fully saturated rings. The number of carbonyl (C=O) groups excluding carboxylic acids is 2. The van der Waals surface area contributed by atoms with E-state index >= 15 is 0 Å².